The van der Waals surface area contributed by atoms with E-state index in [1.165, 1.54) is 50.3 Å². The van der Waals surface area contributed by atoms with Crippen molar-refractivity contribution in [2.24, 2.45) is 5.92 Å². The first-order valence-electron chi connectivity index (χ1n) is 6.05. The molecule has 3 unspecified atom stereocenters. The second-order valence-corrected chi connectivity index (χ2v) is 6.56. The number of hydrogen-bond donors (Lipinski definition) is 1. The minimum absolute atomic E-state index is 0.0843. The van der Waals surface area contributed by atoms with Gasteiger partial charge in [-0.2, -0.15) is 0 Å². The second-order valence-electron chi connectivity index (χ2n) is 4.52. The van der Waals surface area contributed by atoms with Crippen LogP contribution in [0.2, 0.25) is 0 Å². The highest BCUT2D eigenvalue weighted by atomic mass is 32.2. The molecular formula is C13H17NO5S. The maximum atomic E-state index is 12.3. The predicted octanol–water partition coefficient (Wildman–Crippen LogP) is 1.64. The Morgan fingerprint density at radius 1 is 1.20 bits per heavy atom. The molecule has 3 atom stereocenters. The van der Waals surface area contributed by atoms with E-state index in [1.54, 1.807) is 6.07 Å². The lowest BCUT2D eigenvalue weighted by molar-refractivity contribution is -0.503. The zero-order chi connectivity index (χ0) is 15.3. The Balaban J connectivity index is 3.18. The van der Waals surface area contributed by atoms with Gasteiger partial charge < -0.3 is 5.11 Å². The van der Waals surface area contributed by atoms with Crippen molar-refractivity contribution in [1.29, 1.82) is 0 Å². The number of hydrogen-bond acceptors (Lipinski definition) is 5. The average molecular weight is 299 g/mol. The lowest BCUT2D eigenvalue weighted by Crippen LogP contribution is -2.35. The summed E-state index contributed by atoms with van der Waals surface area (Å²) < 4.78 is 24.6. The zero-order valence-electron chi connectivity index (χ0n) is 11.2. The van der Waals surface area contributed by atoms with Gasteiger partial charge in [0, 0.05) is 4.92 Å². The molecule has 1 aromatic carbocycles. The van der Waals surface area contributed by atoms with Crippen molar-refractivity contribution in [2.45, 2.75) is 30.2 Å². The van der Waals surface area contributed by atoms with E-state index in [9.17, 15) is 18.5 Å². The molecule has 110 valence electrons. The van der Waals surface area contributed by atoms with Crippen LogP contribution in [0, 0.1) is 16.0 Å². The van der Waals surface area contributed by atoms with Gasteiger partial charge in [0.2, 0.25) is 9.84 Å². The van der Waals surface area contributed by atoms with Crippen molar-refractivity contribution >= 4 is 9.84 Å². The molecule has 0 aliphatic rings. The van der Waals surface area contributed by atoms with E-state index in [0.29, 0.717) is 0 Å². The normalized spacial score (nSPS) is 16.8. The summed E-state index contributed by atoms with van der Waals surface area (Å²) in [5.74, 6) is -0.857. The van der Waals surface area contributed by atoms with Crippen LogP contribution in [0.15, 0.2) is 47.4 Å². The molecule has 0 amide bonds. The van der Waals surface area contributed by atoms with E-state index >= 15 is 0 Å². The van der Waals surface area contributed by atoms with Crippen LogP contribution in [0.5, 0.6) is 0 Å². The van der Waals surface area contributed by atoms with E-state index < -0.39 is 32.2 Å². The Kier molecular flexibility index (Phi) is 5.41. The Morgan fingerprint density at radius 3 is 2.20 bits per heavy atom. The Labute approximate surface area is 117 Å². The van der Waals surface area contributed by atoms with Crippen molar-refractivity contribution in [3.05, 3.63) is 52.6 Å². The van der Waals surface area contributed by atoms with Crippen molar-refractivity contribution in [3.63, 3.8) is 0 Å². The third-order valence-corrected chi connectivity index (χ3v) is 4.91. The topological polar surface area (TPSA) is 97.5 Å². The van der Waals surface area contributed by atoms with Gasteiger partial charge in [-0.1, -0.05) is 37.3 Å². The molecule has 0 fully saturated rings. The van der Waals surface area contributed by atoms with Gasteiger partial charge in [-0.05, 0) is 19.1 Å². The highest BCUT2D eigenvalue weighted by Crippen LogP contribution is 2.23. The maximum Gasteiger partial charge on any atom is 0.320 e. The molecule has 0 saturated carbocycles. The monoisotopic (exact) mass is 299 g/mol. The third-order valence-electron chi connectivity index (χ3n) is 2.74. The number of nitrogens with zero attached hydrogens (tertiary/aromatic N) is 1. The van der Waals surface area contributed by atoms with Crippen LogP contribution in [0.25, 0.3) is 0 Å². The molecule has 6 nitrogen and oxygen atoms in total. The van der Waals surface area contributed by atoms with Gasteiger partial charge >= 0.3 is 5.37 Å². The van der Waals surface area contributed by atoms with E-state index in [4.69, 9.17) is 5.11 Å². The van der Waals surface area contributed by atoms with E-state index in [0.717, 1.165) is 0 Å². The van der Waals surface area contributed by atoms with Crippen molar-refractivity contribution in [3.8, 4) is 0 Å². The Bertz CT molecular complexity index is 580. The highest BCUT2D eigenvalue weighted by molar-refractivity contribution is 7.91. The van der Waals surface area contributed by atoms with Crippen LogP contribution in [0.3, 0.4) is 0 Å². The molecule has 1 aromatic rings. The lowest BCUT2D eigenvalue weighted by Gasteiger charge is -2.14. The second kappa shape index (κ2) is 6.62. The first-order valence-corrected chi connectivity index (χ1v) is 7.60. The van der Waals surface area contributed by atoms with E-state index in [2.05, 4.69) is 0 Å². The van der Waals surface area contributed by atoms with Crippen molar-refractivity contribution < 1.29 is 18.4 Å². The van der Waals surface area contributed by atoms with Crippen LogP contribution in [0.4, 0.5) is 0 Å². The summed E-state index contributed by atoms with van der Waals surface area (Å²) in [7, 11) is -4.08. The summed E-state index contributed by atoms with van der Waals surface area (Å²) in [5, 5.41) is 18.5. The molecule has 20 heavy (non-hydrogen) atoms. The molecule has 7 heteroatoms. The average Bonchev–Trinajstić information content (AvgIpc) is 2.36. The summed E-state index contributed by atoms with van der Waals surface area (Å²) in [5.41, 5.74) is 0. The number of nitro groups is 1. The number of sulfone groups is 1. The molecule has 0 bridgehead atoms. The van der Waals surface area contributed by atoms with Crippen molar-refractivity contribution in [1.82, 2.24) is 0 Å². The fraction of sp³-hybridized carbons (Fsp3) is 0.385. The summed E-state index contributed by atoms with van der Waals surface area (Å²) in [6.07, 6.45) is 1.89. The standard InChI is InChI=1S/C13H17NO5S/c1-10(8-9-11(2)15)13(14(16)17)20(18,19)12-6-4-3-5-7-12/h3-11,13,15H,1-2H3/b9-8+. The van der Waals surface area contributed by atoms with Crippen LogP contribution >= 0.6 is 0 Å². The zero-order valence-corrected chi connectivity index (χ0v) is 12.0. The fourth-order valence-electron chi connectivity index (χ4n) is 1.77. The maximum absolute atomic E-state index is 12.3. The molecule has 1 N–H and O–H groups in total. The van der Waals surface area contributed by atoms with Crippen molar-refractivity contribution in [2.75, 3.05) is 0 Å². The molecule has 0 heterocycles. The minimum atomic E-state index is -4.08. The van der Waals surface area contributed by atoms with Gasteiger partial charge in [-0.15, -0.1) is 0 Å². The van der Waals surface area contributed by atoms with Crippen LogP contribution in [-0.4, -0.2) is 29.9 Å². The Morgan fingerprint density at radius 2 is 1.75 bits per heavy atom. The van der Waals surface area contributed by atoms with Gasteiger partial charge in [-0.25, -0.2) is 8.42 Å². The Hall–Kier alpha value is -1.73. The lowest BCUT2D eigenvalue weighted by atomic mass is 10.1. The molecule has 0 radical (unpaired) electrons. The summed E-state index contributed by atoms with van der Waals surface area (Å²) in [4.78, 5) is 10.2. The highest BCUT2D eigenvalue weighted by Gasteiger charge is 2.41. The van der Waals surface area contributed by atoms with Gasteiger partial charge in [0.05, 0.1) is 16.9 Å². The number of benzene rings is 1. The fourth-order valence-corrected chi connectivity index (χ4v) is 3.47. The van der Waals surface area contributed by atoms with E-state index in [1.807, 2.05) is 0 Å². The SMILES string of the molecule is CC(O)/C=C/C(C)C([N+](=O)[O-])S(=O)(=O)c1ccccc1. The first kappa shape index (κ1) is 16.3. The minimum Gasteiger partial charge on any atom is -0.389 e. The molecule has 0 aliphatic carbocycles. The predicted molar refractivity (Wildman–Crippen MR) is 74.4 cm³/mol. The molecular weight excluding hydrogens is 282 g/mol. The molecule has 0 aliphatic heterocycles. The summed E-state index contributed by atoms with van der Waals surface area (Å²) in [6, 6.07) is 7.32. The largest absolute Gasteiger partial charge is 0.389 e. The van der Waals surface area contributed by atoms with Gasteiger partial charge in [-0.3, -0.25) is 10.1 Å². The summed E-state index contributed by atoms with van der Waals surface area (Å²) in [6.45, 7) is 2.92. The van der Waals surface area contributed by atoms with Crippen LogP contribution in [0.1, 0.15) is 13.8 Å². The quantitative estimate of drug-likeness (QED) is 0.489. The smallest absolute Gasteiger partial charge is 0.320 e. The molecule has 1 rings (SSSR count). The molecule has 0 spiro atoms. The summed E-state index contributed by atoms with van der Waals surface area (Å²) >= 11 is 0. The van der Waals surface area contributed by atoms with E-state index in [-0.39, 0.29) is 4.90 Å². The number of aliphatic hydroxyl groups excluding tert-OH is 1. The number of rotatable bonds is 6. The van der Waals surface area contributed by atoms with Gasteiger partial charge in [0.15, 0.2) is 0 Å². The molecule has 0 saturated heterocycles. The first-order chi connectivity index (χ1) is 9.26. The third kappa shape index (κ3) is 3.88. The van der Waals surface area contributed by atoms with Crippen LogP contribution < -0.4 is 0 Å². The molecule has 0 aromatic heterocycles. The number of aliphatic hydroxyl groups is 1. The van der Waals surface area contributed by atoms with Crippen LogP contribution in [-0.2, 0) is 9.84 Å². The van der Waals surface area contributed by atoms with Gasteiger partial charge in [0.25, 0.3) is 0 Å². The van der Waals surface area contributed by atoms with Gasteiger partial charge in [0.1, 0.15) is 0 Å².